The maximum absolute atomic E-state index is 12.8. The van der Waals surface area contributed by atoms with Crippen LogP contribution in [-0.4, -0.2) is 27.0 Å². The van der Waals surface area contributed by atoms with Gasteiger partial charge in [-0.15, -0.1) is 11.8 Å². The van der Waals surface area contributed by atoms with Crippen LogP contribution < -0.4 is 10.9 Å². The second kappa shape index (κ2) is 10.7. The number of aromatic nitrogens is 2. The molecular weight excluding hydrogens is 464 g/mol. The minimum absolute atomic E-state index is 0.0590. The van der Waals surface area contributed by atoms with Crippen molar-refractivity contribution in [3.63, 3.8) is 0 Å². The molecule has 0 radical (unpaired) electrons. The summed E-state index contributed by atoms with van der Waals surface area (Å²) in [6, 6.07) is 20.4. The van der Waals surface area contributed by atoms with E-state index >= 15 is 0 Å². The SMILES string of the molecule is Cc1ccc2nc(COC(=O)c3ccccc3SCC(=O)Nc3cccc(C#N)c3)cc(=O)n2c1. The van der Waals surface area contributed by atoms with Gasteiger partial charge in [0.15, 0.2) is 0 Å². The number of carbonyl (C=O) groups is 2. The summed E-state index contributed by atoms with van der Waals surface area (Å²) in [5.41, 5.74) is 2.77. The van der Waals surface area contributed by atoms with Crippen LogP contribution in [0.3, 0.4) is 0 Å². The molecule has 0 bridgehead atoms. The highest BCUT2D eigenvalue weighted by Gasteiger charge is 2.15. The molecule has 0 fully saturated rings. The molecule has 174 valence electrons. The number of rotatable bonds is 7. The number of hydrogen-bond donors (Lipinski definition) is 1. The van der Waals surface area contributed by atoms with E-state index < -0.39 is 5.97 Å². The molecule has 0 saturated carbocycles. The fraction of sp³-hybridized carbons (Fsp3) is 0.115. The average molecular weight is 485 g/mol. The molecule has 0 aliphatic heterocycles. The number of nitrogens with zero attached hydrogens (tertiary/aromatic N) is 3. The van der Waals surface area contributed by atoms with Crippen molar-refractivity contribution in [2.75, 3.05) is 11.1 Å². The Morgan fingerprint density at radius 2 is 1.94 bits per heavy atom. The van der Waals surface area contributed by atoms with E-state index in [0.717, 1.165) is 5.56 Å². The number of esters is 1. The number of nitrogens with one attached hydrogen (secondary N) is 1. The molecule has 0 saturated heterocycles. The van der Waals surface area contributed by atoms with Crippen LogP contribution in [0.1, 0.15) is 27.2 Å². The number of thioether (sulfide) groups is 1. The Morgan fingerprint density at radius 3 is 2.77 bits per heavy atom. The van der Waals surface area contributed by atoms with Gasteiger partial charge in [-0.25, -0.2) is 9.78 Å². The van der Waals surface area contributed by atoms with Crippen LogP contribution in [0.2, 0.25) is 0 Å². The second-order valence-corrected chi connectivity index (χ2v) is 8.64. The summed E-state index contributed by atoms with van der Waals surface area (Å²) >= 11 is 1.19. The third-order valence-corrected chi connectivity index (χ3v) is 6.03. The van der Waals surface area contributed by atoms with Crippen LogP contribution >= 0.6 is 11.8 Å². The standard InChI is InChI=1S/C26H20N4O4S/c1-17-9-10-23-28-20(12-25(32)30(23)14-17)15-34-26(33)21-7-2-3-8-22(21)35-16-24(31)29-19-6-4-5-18(11-19)13-27/h2-12,14H,15-16H2,1H3,(H,29,31). The van der Waals surface area contributed by atoms with E-state index in [4.69, 9.17) is 10.00 Å². The average Bonchev–Trinajstić information content (AvgIpc) is 2.87. The second-order valence-electron chi connectivity index (χ2n) is 7.62. The van der Waals surface area contributed by atoms with Crippen molar-refractivity contribution in [2.24, 2.45) is 0 Å². The molecule has 1 amide bonds. The van der Waals surface area contributed by atoms with Gasteiger partial charge in [-0.3, -0.25) is 14.0 Å². The van der Waals surface area contributed by atoms with Gasteiger partial charge in [0.1, 0.15) is 12.3 Å². The predicted octanol–water partition coefficient (Wildman–Crippen LogP) is 3.96. The number of anilines is 1. The summed E-state index contributed by atoms with van der Waals surface area (Å²) in [5.74, 6) is -0.797. The number of pyridine rings is 1. The first-order valence-corrected chi connectivity index (χ1v) is 11.6. The molecule has 0 spiro atoms. The highest BCUT2D eigenvalue weighted by Crippen LogP contribution is 2.24. The number of fused-ring (bicyclic) bond motifs is 1. The highest BCUT2D eigenvalue weighted by molar-refractivity contribution is 8.00. The van der Waals surface area contributed by atoms with Gasteiger partial charge in [0.25, 0.3) is 5.56 Å². The predicted molar refractivity (Wildman–Crippen MR) is 132 cm³/mol. The van der Waals surface area contributed by atoms with Gasteiger partial charge in [0, 0.05) is 22.8 Å². The molecule has 0 unspecified atom stereocenters. The minimum Gasteiger partial charge on any atom is -0.456 e. The summed E-state index contributed by atoms with van der Waals surface area (Å²) in [5, 5.41) is 11.7. The van der Waals surface area contributed by atoms with Crippen LogP contribution in [-0.2, 0) is 16.1 Å². The van der Waals surface area contributed by atoms with Gasteiger partial charge >= 0.3 is 5.97 Å². The molecule has 35 heavy (non-hydrogen) atoms. The zero-order valence-corrected chi connectivity index (χ0v) is 19.5. The smallest absolute Gasteiger partial charge is 0.339 e. The number of hydrogen-bond acceptors (Lipinski definition) is 7. The summed E-state index contributed by atoms with van der Waals surface area (Å²) < 4.78 is 6.86. The fourth-order valence-electron chi connectivity index (χ4n) is 3.32. The molecule has 2 aromatic heterocycles. The van der Waals surface area contributed by atoms with Gasteiger partial charge in [-0.1, -0.05) is 24.3 Å². The van der Waals surface area contributed by atoms with Crippen molar-refractivity contribution in [3.8, 4) is 6.07 Å². The Hall–Kier alpha value is -4.42. The van der Waals surface area contributed by atoms with Gasteiger partial charge in [-0.2, -0.15) is 5.26 Å². The van der Waals surface area contributed by atoms with E-state index in [1.165, 1.54) is 22.2 Å². The number of aryl methyl sites for hydroxylation is 1. The lowest BCUT2D eigenvalue weighted by Crippen LogP contribution is -2.17. The van der Waals surface area contributed by atoms with Crippen molar-refractivity contribution in [3.05, 3.63) is 106 Å². The first kappa shape index (κ1) is 23.7. The molecule has 0 aliphatic rings. The van der Waals surface area contributed by atoms with Crippen LogP contribution in [0.25, 0.3) is 5.65 Å². The van der Waals surface area contributed by atoms with Crippen LogP contribution in [0.15, 0.2) is 82.6 Å². The molecule has 0 aliphatic carbocycles. The first-order chi connectivity index (χ1) is 16.9. The largest absolute Gasteiger partial charge is 0.456 e. The summed E-state index contributed by atoms with van der Waals surface area (Å²) in [7, 11) is 0. The van der Waals surface area contributed by atoms with Crippen LogP contribution in [0, 0.1) is 18.3 Å². The third-order valence-electron chi connectivity index (χ3n) is 4.95. The van der Waals surface area contributed by atoms with Gasteiger partial charge in [0.05, 0.1) is 28.6 Å². The zero-order valence-electron chi connectivity index (χ0n) is 18.7. The van der Waals surface area contributed by atoms with Gasteiger partial charge in [-0.05, 0) is 48.9 Å². The zero-order chi connectivity index (χ0) is 24.8. The van der Waals surface area contributed by atoms with E-state index in [-0.39, 0.29) is 23.8 Å². The maximum atomic E-state index is 12.8. The number of nitriles is 1. The lowest BCUT2D eigenvalue weighted by Gasteiger charge is -2.10. The van der Waals surface area contributed by atoms with E-state index in [9.17, 15) is 14.4 Å². The van der Waals surface area contributed by atoms with Crippen LogP contribution in [0.4, 0.5) is 5.69 Å². The number of benzene rings is 2. The number of amides is 1. The Labute approximate surface area is 205 Å². The summed E-state index contributed by atoms with van der Waals surface area (Å²) in [4.78, 5) is 42.5. The third kappa shape index (κ3) is 5.93. The summed E-state index contributed by atoms with van der Waals surface area (Å²) in [6.07, 6.45) is 1.70. The topological polar surface area (TPSA) is 114 Å². The van der Waals surface area contributed by atoms with Gasteiger partial charge in [0.2, 0.25) is 5.91 Å². The first-order valence-electron chi connectivity index (χ1n) is 10.6. The van der Waals surface area contributed by atoms with E-state index in [1.54, 1.807) is 60.8 Å². The number of carbonyl (C=O) groups excluding carboxylic acids is 2. The number of ether oxygens (including phenoxy) is 1. The quantitative estimate of drug-likeness (QED) is 0.312. The fourth-order valence-corrected chi connectivity index (χ4v) is 4.16. The lowest BCUT2D eigenvalue weighted by atomic mass is 10.2. The maximum Gasteiger partial charge on any atom is 0.339 e. The van der Waals surface area contributed by atoms with Crippen molar-refractivity contribution in [1.29, 1.82) is 5.26 Å². The monoisotopic (exact) mass is 484 g/mol. The molecule has 2 aromatic carbocycles. The Balaban J connectivity index is 1.40. The van der Waals surface area contributed by atoms with Crippen LogP contribution in [0.5, 0.6) is 0 Å². The molecule has 2 heterocycles. The van der Waals surface area contributed by atoms with E-state index in [0.29, 0.717) is 33.1 Å². The molecule has 0 atom stereocenters. The molecular formula is C26H20N4O4S. The Kier molecular flexibility index (Phi) is 7.24. The molecule has 8 nitrogen and oxygen atoms in total. The molecule has 9 heteroatoms. The van der Waals surface area contributed by atoms with E-state index in [2.05, 4.69) is 10.3 Å². The van der Waals surface area contributed by atoms with Crippen molar-refractivity contribution >= 4 is 35.0 Å². The van der Waals surface area contributed by atoms with Gasteiger partial charge < -0.3 is 10.1 Å². The van der Waals surface area contributed by atoms with Crippen molar-refractivity contribution in [1.82, 2.24) is 9.38 Å². The van der Waals surface area contributed by atoms with E-state index in [1.807, 2.05) is 19.1 Å². The minimum atomic E-state index is -0.582. The van der Waals surface area contributed by atoms with Crippen molar-refractivity contribution in [2.45, 2.75) is 18.4 Å². The highest BCUT2D eigenvalue weighted by atomic mass is 32.2. The Morgan fingerprint density at radius 1 is 1.11 bits per heavy atom. The summed E-state index contributed by atoms with van der Waals surface area (Å²) in [6.45, 7) is 1.72. The van der Waals surface area contributed by atoms with Crippen molar-refractivity contribution < 1.29 is 14.3 Å². The molecule has 1 N–H and O–H groups in total. The molecule has 4 aromatic rings. The lowest BCUT2D eigenvalue weighted by molar-refractivity contribution is -0.113. The Bertz CT molecular complexity index is 1520. The normalized spacial score (nSPS) is 10.5. The molecule has 4 rings (SSSR count).